The molecule has 1 heterocycles. The Hall–Kier alpha value is -1.32. The van der Waals surface area contributed by atoms with Crippen molar-refractivity contribution in [3.8, 4) is 0 Å². The average molecular weight is 183 g/mol. The zero-order valence-electron chi connectivity index (χ0n) is 7.83. The van der Waals surface area contributed by atoms with Gasteiger partial charge in [-0.25, -0.2) is 4.98 Å². The van der Waals surface area contributed by atoms with Gasteiger partial charge in [0.05, 0.1) is 5.69 Å². The Kier molecular flexibility index (Phi) is 3.06. The molecule has 0 unspecified atom stereocenters. The number of aryl methyl sites for hydroxylation is 3. The van der Waals surface area contributed by atoms with Crippen molar-refractivity contribution in [1.82, 2.24) is 4.98 Å². The fourth-order valence-electron chi connectivity index (χ4n) is 1.04. The lowest BCUT2D eigenvalue weighted by molar-refractivity contribution is -0.137. The van der Waals surface area contributed by atoms with E-state index in [0.29, 0.717) is 18.7 Å². The predicted octanol–water partition coefficient (Wildman–Crippen LogP) is 1.70. The number of rotatable bonds is 4. The summed E-state index contributed by atoms with van der Waals surface area (Å²) in [6.45, 7) is 3.72. The van der Waals surface area contributed by atoms with E-state index in [2.05, 4.69) is 4.98 Å². The molecule has 0 radical (unpaired) electrons. The van der Waals surface area contributed by atoms with Gasteiger partial charge in [-0.1, -0.05) is 0 Å². The maximum atomic E-state index is 10.2. The van der Waals surface area contributed by atoms with Crippen LogP contribution in [0.4, 0.5) is 0 Å². The van der Waals surface area contributed by atoms with Crippen LogP contribution in [0.3, 0.4) is 0 Å². The van der Waals surface area contributed by atoms with Crippen molar-refractivity contribution in [2.45, 2.75) is 33.1 Å². The van der Waals surface area contributed by atoms with Crippen LogP contribution in [0.5, 0.6) is 0 Å². The van der Waals surface area contributed by atoms with Crippen LogP contribution >= 0.6 is 0 Å². The first-order valence-electron chi connectivity index (χ1n) is 4.24. The van der Waals surface area contributed by atoms with Gasteiger partial charge in [-0.15, -0.1) is 0 Å². The molecule has 1 aromatic heterocycles. The molecule has 0 aliphatic heterocycles. The Bertz CT molecular complexity index is 284. The Labute approximate surface area is 76.6 Å². The first-order chi connectivity index (χ1) is 6.09. The van der Waals surface area contributed by atoms with Crippen LogP contribution < -0.4 is 0 Å². The van der Waals surface area contributed by atoms with E-state index in [9.17, 15) is 4.79 Å². The highest BCUT2D eigenvalue weighted by atomic mass is 16.4. The third-order valence-corrected chi connectivity index (χ3v) is 1.85. The number of aromatic nitrogens is 1. The van der Waals surface area contributed by atoms with E-state index in [1.54, 1.807) is 0 Å². The van der Waals surface area contributed by atoms with Gasteiger partial charge in [0.1, 0.15) is 5.76 Å². The zero-order valence-corrected chi connectivity index (χ0v) is 7.83. The summed E-state index contributed by atoms with van der Waals surface area (Å²) in [4.78, 5) is 14.4. The van der Waals surface area contributed by atoms with E-state index < -0.39 is 5.97 Å². The standard InChI is InChI=1S/C9H13NO3/c1-6-7(2)13-8(10-6)4-3-5-9(11)12/h3-5H2,1-2H3,(H,11,12). The molecule has 1 rings (SSSR count). The number of nitrogens with zero attached hydrogens (tertiary/aromatic N) is 1. The third-order valence-electron chi connectivity index (χ3n) is 1.85. The fourth-order valence-corrected chi connectivity index (χ4v) is 1.04. The summed E-state index contributed by atoms with van der Waals surface area (Å²) in [5.74, 6) is 0.668. The molecule has 0 aliphatic rings. The van der Waals surface area contributed by atoms with Gasteiger partial charge in [0.15, 0.2) is 5.89 Å². The van der Waals surface area contributed by atoms with Crippen LogP contribution in [-0.2, 0) is 11.2 Å². The van der Waals surface area contributed by atoms with Gasteiger partial charge >= 0.3 is 5.97 Å². The van der Waals surface area contributed by atoms with Gasteiger partial charge in [0.25, 0.3) is 0 Å². The Balaban J connectivity index is 2.41. The number of carbonyl (C=O) groups is 1. The second kappa shape index (κ2) is 4.07. The monoisotopic (exact) mass is 183 g/mol. The molecule has 72 valence electrons. The molecule has 0 saturated carbocycles. The maximum Gasteiger partial charge on any atom is 0.303 e. The summed E-state index contributed by atoms with van der Waals surface area (Å²) < 4.78 is 5.29. The number of hydrogen-bond acceptors (Lipinski definition) is 3. The van der Waals surface area contributed by atoms with E-state index in [1.165, 1.54) is 0 Å². The highest BCUT2D eigenvalue weighted by Gasteiger charge is 2.05. The topological polar surface area (TPSA) is 63.3 Å². The van der Waals surface area contributed by atoms with Crippen molar-refractivity contribution >= 4 is 5.97 Å². The molecule has 0 spiro atoms. The Morgan fingerprint density at radius 3 is 2.69 bits per heavy atom. The van der Waals surface area contributed by atoms with E-state index in [4.69, 9.17) is 9.52 Å². The average Bonchev–Trinajstić information content (AvgIpc) is 2.30. The van der Waals surface area contributed by atoms with E-state index in [1.807, 2.05) is 13.8 Å². The summed E-state index contributed by atoms with van der Waals surface area (Å²) in [7, 11) is 0. The minimum Gasteiger partial charge on any atom is -0.481 e. The molecule has 1 aromatic rings. The Morgan fingerprint density at radius 2 is 2.23 bits per heavy atom. The first-order valence-corrected chi connectivity index (χ1v) is 4.24. The quantitative estimate of drug-likeness (QED) is 0.771. The molecule has 13 heavy (non-hydrogen) atoms. The largest absolute Gasteiger partial charge is 0.481 e. The van der Waals surface area contributed by atoms with Crippen LogP contribution in [0.25, 0.3) is 0 Å². The van der Waals surface area contributed by atoms with Crippen LogP contribution in [0, 0.1) is 13.8 Å². The van der Waals surface area contributed by atoms with Gasteiger partial charge in [0, 0.05) is 12.8 Å². The van der Waals surface area contributed by atoms with Crippen molar-refractivity contribution in [3.63, 3.8) is 0 Å². The number of carboxylic acid groups (broad SMARTS) is 1. The second-order valence-corrected chi connectivity index (χ2v) is 3.00. The Morgan fingerprint density at radius 1 is 1.54 bits per heavy atom. The summed E-state index contributed by atoms with van der Waals surface area (Å²) in [5.41, 5.74) is 0.880. The second-order valence-electron chi connectivity index (χ2n) is 3.00. The first kappa shape index (κ1) is 9.77. The van der Waals surface area contributed by atoms with E-state index in [0.717, 1.165) is 11.5 Å². The normalized spacial score (nSPS) is 10.3. The lowest BCUT2D eigenvalue weighted by atomic mass is 10.2. The molecule has 4 heteroatoms. The van der Waals surface area contributed by atoms with Crippen molar-refractivity contribution in [2.75, 3.05) is 0 Å². The summed E-state index contributed by atoms with van der Waals surface area (Å²) >= 11 is 0. The molecule has 1 N–H and O–H groups in total. The SMILES string of the molecule is Cc1nc(CCCC(=O)O)oc1C. The summed E-state index contributed by atoms with van der Waals surface area (Å²) in [6.07, 6.45) is 1.34. The number of carboxylic acids is 1. The van der Waals surface area contributed by atoms with Gasteiger partial charge in [-0.2, -0.15) is 0 Å². The molecule has 0 fully saturated rings. The molecular formula is C9H13NO3. The molecule has 0 amide bonds. The lowest BCUT2D eigenvalue weighted by Gasteiger charge is -1.91. The third kappa shape index (κ3) is 2.89. The van der Waals surface area contributed by atoms with Crippen LogP contribution in [-0.4, -0.2) is 16.1 Å². The van der Waals surface area contributed by atoms with E-state index in [-0.39, 0.29) is 6.42 Å². The highest BCUT2D eigenvalue weighted by molar-refractivity contribution is 5.66. The minimum absolute atomic E-state index is 0.167. The van der Waals surface area contributed by atoms with E-state index >= 15 is 0 Å². The van der Waals surface area contributed by atoms with Crippen LogP contribution in [0.1, 0.15) is 30.2 Å². The van der Waals surface area contributed by atoms with Gasteiger partial charge in [-0.05, 0) is 20.3 Å². The number of aliphatic carboxylic acids is 1. The lowest BCUT2D eigenvalue weighted by Crippen LogP contribution is -1.95. The smallest absolute Gasteiger partial charge is 0.303 e. The van der Waals surface area contributed by atoms with Crippen molar-refractivity contribution in [1.29, 1.82) is 0 Å². The molecular weight excluding hydrogens is 170 g/mol. The van der Waals surface area contributed by atoms with Crippen LogP contribution in [0.15, 0.2) is 4.42 Å². The van der Waals surface area contributed by atoms with Gasteiger partial charge < -0.3 is 9.52 Å². The zero-order chi connectivity index (χ0) is 9.84. The van der Waals surface area contributed by atoms with Gasteiger partial charge in [-0.3, -0.25) is 4.79 Å². The fraction of sp³-hybridized carbons (Fsp3) is 0.556. The number of oxazole rings is 1. The highest BCUT2D eigenvalue weighted by Crippen LogP contribution is 2.10. The van der Waals surface area contributed by atoms with Gasteiger partial charge in [0.2, 0.25) is 0 Å². The molecule has 0 bridgehead atoms. The molecule has 0 aliphatic carbocycles. The molecule has 0 saturated heterocycles. The van der Waals surface area contributed by atoms with Crippen molar-refractivity contribution < 1.29 is 14.3 Å². The predicted molar refractivity (Wildman–Crippen MR) is 46.6 cm³/mol. The molecule has 0 aromatic carbocycles. The van der Waals surface area contributed by atoms with Crippen LogP contribution in [0.2, 0.25) is 0 Å². The minimum atomic E-state index is -0.778. The maximum absolute atomic E-state index is 10.2. The molecule has 0 atom stereocenters. The summed E-state index contributed by atoms with van der Waals surface area (Å²) in [6, 6.07) is 0. The number of hydrogen-bond donors (Lipinski definition) is 1. The van der Waals surface area contributed by atoms with Crippen molar-refractivity contribution in [2.24, 2.45) is 0 Å². The molecule has 4 nitrogen and oxygen atoms in total. The summed E-state index contributed by atoms with van der Waals surface area (Å²) in [5, 5.41) is 8.40. The van der Waals surface area contributed by atoms with Crippen molar-refractivity contribution in [3.05, 3.63) is 17.3 Å².